The van der Waals surface area contributed by atoms with E-state index in [1.165, 1.54) is 0 Å². The van der Waals surface area contributed by atoms with Gasteiger partial charge in [-0.2, -0.15) is 0 Å². The summed E-state index contributed by atoms with van der Waals surface area (Å²) in [5.41, 5.74) is 3.63. The molecule has 1 fully saturated rings. The number of hydrogen-bond donors (Lipinski definition) is 2. The van der Waals surface area contributed by atoms with E-state index in [1.54, 1.807) is 6.07 Å². The van der Waals surface area contributed by atoms with Gasteiger partial charge < -0.3 is 15.0 Å². The van der Waals surface area contributed by atoms with E-state index in [0.29, 0.717) is 22.8 Å². The van der Waals surface area contributed by atoms with Crippen molar-refractivity contribution < 1.29 is 4.74 Å². The van der Waals surface area contributed by atoms with Crippen molar-refractivity contribution >= 4 is 34.0 Å². The summed E-state index contributed by atoms with van der Waals surface area (Å²) in [7, 11) is 0. The summed E-state index contributed by atoms with van der Waals surface area (Å²) in [6, 6.07) is 11.5. The van der Waals surface area contributed by atoms with E-state index in [0.717, 1.165) is 47.4 Å². The van der Waals surface area contributed by atoms with Gasteiger partial charge in [-0.1, -0.05) is 23.2 Å². The van der Waals surface area contributed by atoms with E-state index in [1.807, 2.05) is 41.8 Å². The standard InChI is InChI=1S/C22H21ClN4O2/c1-13-4-6-18-14(9-13)10-17(22(28)25-18)20-21(24-11-16-3-2-8-29-16)27-12-15(23)5-7-19(27)26-20/h4-7,9-10,12,16,24H,2-3,8,11H2,1H3,(H,25,28)/t16-/m1/s1. The van der Waals surface area contributed by atoms with Gasteiger partial charge in [0.15, 0.2) is 0 Å². The van der Waals surface area contributed by atoms with Crippen LogP contribution in [0.2, 0.25) is 5.02 Å². The number of rotatable bonds is 4. The predicted octanol–water partition coefficient (Wildman–Crippen LogP) is 4.40. The number of ether oxygens (including phenoxy) is 1. The van der Waals surface area contributed by atoms with Crippen LogP contribution in [0.25, 0.3) is 27.8 Å². The van der Waals surface area contributed by atoms with E-state index in [-0.39, 0.29) is 11.7 Å². The van der Waals surface area contributed by atoms with Gasteiger partial charge >= 0.3 is 0 Å². The molecule has 1 aliphatic rings. The van der Waals surface area contributed by atoms with E-state index in [2.05, 4.69) is 16.4 Å². The summed E-state index contributed by atoms with van der Waals surface area (Å²) in [5.74, 6) is 0.746. The lowest BCUT2D eigenvalue weighted by atomic mass is 10.1. The van der Waals surface area contributed by atoms with Crippen LogP contribution in [0.4, 0.5) is 5.82 Å². The largest absolute Gasteiger partial charge is 0.376 e. The summed E-state index contributed by atoms with van der Waals surface area (Å²) >= 11 is 6.23. The molecule has 0 bridgehead atoms. The van der Waals surface area contributed by atoms with Gasteiger partial charge in [-0.05, 0) is 55.5 Å². The average Bonchev–Trinajstić information content (AvgIpc) is 3.33. The quantitative estimate of drug-likeness (QED) is 0.525. The minimum absolute atomic E-state index is 0.158. The Morgan fingerprint density at radius 3 is 3.03 bits per heavy atom. The third-order valence-electron chi connectivity index (χ3n) is 5.36. The maximum absolute atomic E-state index is 12.9. The summed E-state index contributed by atoms with van der Waals surface area (Å²) < 4.78 is 7.64. The Labute approximate surface area is 172 Å². The monoisotopic (exact) mass is 408 g/mol. The van der Waals surface area contributed by atoms with Gasteiger partial charge in [-0.15, -0.1) is 0 Å². The number of aromatic amines is 1. The smallest absolute Gasteiger partial charge is 0.258 e. The van der Waals surface area contributed by atoms with Crippen molar-refractivity contribution in [2.75, 3.05) is 18.5 Å². The molecule has 1 aliphatic heterocycles. The number of benzene rings is 1. The highest BCUT2D eigenvalue weighted by atomic mass is 35.5. The van der Waals surface area contributed by atoms with Crippen molar-refractivity contribution in [3.8, 4) is 11.3 Å². The molecule has 1 atom stereocenters. The lowest BCUT2D eigenvalue weighted by Crippen LogP contribution is -2.20. The summed E-state index contributed by atoms with van der Waals surface area (Å²) in [6.45, 7) is 3.48. The first kappa shape index (κ1) is 18.2. The molecule has 1 saturated heterocycles. The summed E-state index contributed by atoms with van der Waals surface area (Å²) in [4.78, 5) is 20.6. The van der Waals surface area contributed by atoms with Crippen LogP contribution in [-0.4, -0.2) is 33.6 Å². The Bertz CT molecular complexity index is 1270. The van der Waals surface area contributed by atoms with Gasteiger partial charge in [0.1, 0.15) is 17.2 Å². The average molecular weight is 409 g/mol. The van der Waals surface area contributed by atoms with Gasteiger partial charge in [0.25, 0.3) is 5.56 Å². The lowest BCUT2D eigenvalue weighted by Gasteiger charge is -2.13. The number of nitrogens with one attached hydrogen (secondary N) is 2. The molecule has 0 amide bonds. The number of fused-ring (bicyclic) bond motifs is 2. The first-order valence-corrected chi connectivity index (χ1v) is 10.1. The molecule has 4 aromatic rings. The van der Waals surface area contributed by atoms with Crippen LogP contribution in [0.15, 0.2) is 47.4 Å². The third kappa shape index (κ3) is 3.39. The first-order chi connectivity index (χ1) is 14.1. The molecule has 0 aliphatic carbocycles. The molecule has 148 valence electrons. The second kappa shape index (κ2) is 7.21. The number of anilines is 1. The normalized spacial score (nSPS) is 16.7. The Hall–Kier alpha value is -2.83. The predicted molar refractivity (Wildman–Crippen MR) is 116 cm³/mol. The summed E-state index contributed by atoms with van der Waals surface area (Å²) in [5, 5.41) is 5.03. The third-order valence-corrected chi connectivity index (χ3v) is 5.58. The molecule has 3 aromatic heterocycles. The highest BCUT2D eigenvalue weighted by Gasteiger charge is 2.21. The van der Waals surface area contributed by atoms with Gasteiger partial charge in [-0.25, -0.2) is 4.98 Å². The van der Waals surface area contributed by atoms with Gasteiger partial charge in [0, 0.05) is 24.9 Å². The number of H-pyrrole nitrogens is 1. The molecular weight excluding hydrogens is 388 g/mol. The van der Waals surface area contributed by atoms with Crippen LogP contribution >= 0.6 is 11.6 Å². The molecule has 6 nitrogen and oxygen atoms in total. The summed E-state index contributed by atoms with van der Waals surface area (Å²) in [6.07, 6.45) is 4.06. The van der Waals surface area contributed by atoms with Gasteiger partial charge in [-0.3, -0.25) is 9.20 Å². The second-order valence-electron chi connectivity index (χ2n) is 7.50. The van der Waals surface area contributed by atoms with Crippen molar-refractivity contribution in [1.29, 1.82) is 0 Å². The Kier molecular flexibility index (Phi) is 4.53. The number of aromatic nitrogens is 3. The Balaban J connectivity index is 1.67. The van der Waals surface area contributed by atoms with Crippen molar-refractivity contribution in [3.63, 3.8) is 0 Å². The van der Waals surface area contributed by atoms with E-state index >= 15 is 0 Å². The molecule has 29 heavy (non-hydrogen) atoms. The van der Waals surface area contributed by atoms with Crippen LogP contribution in [0.1, 0.15) is 18.4 Å². The van der Waals surface area contributed by atoms with Crippen LogP contribution in [0, 0.1) is 6.92 Å². The molecule has 0 spiro atoms. The highest BCUT2D eigenvalue weighted by Crippen LogP contribution is 2.30. The molecule has 4 heterocycles. The molecule has 0 unspecified atom stereocenters. The number of pyridine rings is 2. The van der Waals surface area contributed by atoms with Crippen molar-refractivity contribution in [2.45, 2.75) is 25.9 Å². The first-order valence-electron chi connectivity index (χ1n) is 9.75. The number of nitrogens with zero attached hydrogens (tertiary/aromatic N) is 2. The van der Waals surface area contributed by atoms with Gasteiger partial charge in [0.05, 0.1) is 16.7 Å². The lowest BCUT2D eigenvalue weighted by molar-refractivity contribution is 0.120. The zero-order valence-corrected chi connectivity index (χ0v) is 16.8. The van der Waals surface area contributed by atoms with E-state index < -0.39 is 0 Å². The molecule has 7 heteroatoms. The fourth-order valence-corrected chi connectivity index (χ4v) is 4.05. The molecule has 5 rings (SSSR count). The van der Waals surface area contributed by atoms with Gasteiger partial charge in [0.2, 0.25) is 0 Å². The molecule has 0 saturated carbocycles. The second-order valence-corrected chi connectivity index (χ2v) is 7.94. The van der Waals surface area contributed by atoms with Crippen molar-refractivity contribution in [2.24, 2.45) is 0 Å². The maximum Gasteiger partial charge on any atom is 0.258 e. The molecule has 2 N–H and O–H groups in total. The minimum Gasteiger partial charge on any atom is -0.376 e. The number of hydrogen-bond acceptors (Lipinski definition) is 4. The van der Waals surface area contributed by atoms with Crippen molar-refractivity contribution in [1.82, 2.24) is 14.4 Å². The Morgan fingerprint density at radius 2 is 2.21 bits per heavy atom. The van der Waals surface area contributed by atoms with Crippen LogP contribution in [0.3, 0.4) is 0 Å². The molecular formula is C22H21ClN4O2. The number of imidazole rings is 1. The minimum atomic E-state index is -0.170. The fourth-order valence-electron chi connectivity index (χ4n) is 3.89. The van der Waals surface area contributed by atoms with Crippen LogP contribution in [-0.2, 0) is 4.74 Å². The topological polar surface area (TPSA) is 71.4 Å². The zero-order chi connectivity index (χ0) is 20.0. The van der Waals surface area contributed by atoms with Crippen LogP contribution < -0.4 is 10.9 Å². The maximum atomic E-state index is 12.9. The molecule has 0 radical (unpaired) electrons. The Morgan fingerprint density at radius 1 is 1.31 bits per heavy atom. The van der Waals surface area contributed by atoms with E-state index in [9.17, 15) is 4.79 Å². The highest BCUT2D eigenvalue weighted by molar-refractivity contribution is 6.30. The van der Waals surface area contributed by atoms with E-state index in [4.69, 9.17) is 21.3 Å². The zero-order valence-electron chi connectivity index (χ0n) is 16.0. The SMILES string of the molecule is Cc1ccc2[nH]c(=O)c(-c3nc4ccc(Cl)cn4c3NC[C@H]3CCCO3)cc2c1. The molecule has 1 aromatic carbocycles. The van der Waals surface area contributed by atoms with Crippen molar-refractivity contribution in [3.05, 3.63) is 63.5 Å². The number of aryl methyl sites for hydroxylation is 1. The number of halogens is 1. The van der Waals surface area contributed by atoms with Crippen LogP contribution in [0.5, 0.6) is 0 Å². The fraction of sp³-hybridized carbons (Fsp3) is 0.273.